The molecule has 0 unspecified atom stereocenters. The average molecular weight is 355 g/mol. The van der Waals surface area contributed by atoms with E-state index in [0.717, 1.165) is 19.3 Å². The van der Waals surface area contributed by atoms with E-state index in [1.807, 2.05) is 0 Å². The Kier molecular flexibility index (Phi) is 6.61. The average Bonchev–Trinajstić information content (AvgIpc) is 3.12. The summed E-state index contributed by atoms with van der Waals surface area (Å²) in [5.74, 6) is -0.112. The lowest BCUT2D eigenvalue weighted by molar-refractivity contribution is -0.141. The zero-order valence-electron chi connectivity index (χ0n) is 14.8. The molecule has 1 aliphatic rings. The van der Waals surface area contributed by atoms with E-state index in [1.165, 1.54) is 30.6 Å². The van der Waals surface area contributed by atoms with Gasteiger partial charge >= 0.3 is 5.97 Å². The van der Waals surface area contributed by atoms with Crippen LogP contribution in [0.3, 0.4) is 0 Å². The van der Waals surface area contributed by atoms with Crippen molar-refractivity contribution in [3.63, 3.8) is 0 Å². The van der Waals surface area contributed by atoms with Gasteiger partial charge in [-0.2, -0.15) is 0 Å². The number of carbonyl (C=O) groups excluding carboxylic acids is 1. The lowest BCUT2D eigenvalue weighted by atomic mass is 10.2. The zero-order valence-corrected chi connectivity index (χ0v) is 15.7. The second-order valence-electron chi connectivity index (χ2n) is 6.44. The molecule has 132 valence electrons. The summed E-state index contributed by atoms with van der Waals surface area (Å²) in [6.07, 6.45) is 4.09. The molecule has 3 rings (SSSR count). The molecule has 3 nitrogen and oxygen atoms in total. The summed E-state index contributed by atoms with van der Waals surface area (Å²) in [5, 5.41) is 2.87. The highest BCUT2D eigenvalue weighted by atomic mass is 31.1. The van der Waals surface area contributed by atoms with Crippen molar-refractivity contribution in [2.24, 2.45) is 0 Å². The fourth-order valence-corrected chi connectivity index (χ4v) is 6.14. The fourth-order valence-electron chi connectivity index (χ4n) is 3.52. The van der Waals surface area contributed by atoms with E-state index in [2.05, 4.69) is 65.6 Å². The summed E-state index contributed by atoms with van der Waals surface area (Å²) in [6.45, 7) is 1.90. The molecular weight excluding hydrogens is 329 g/mol. The van der Waals surface area contributed by atoms with E-state index >= 15 is 0 Å². The summed E-state index contributed by atoms with van der Waals surface area (Å²) in [4.78, 5) is 14.0. The molecule has 0 amide bonds. The topological polar surface area (TPSA) is 29.5 Å². The minimum atomic E-state index is -0.376. The number of likely N-dealkylation sites (tertiary alicyclic amines) is 1. The van der Waals surface area contributed by atoms with Gasteiger partial charge in [-0.05, 0) is 44.1 Å². The lowest BCUT2D eigenvalue weighted by Crippen LogP contribution is -2.35. The van der Waals surface area contributed by atoms with Crippen LogP contribution < -0.4 is 10.6 Å². The van der Waals surface area contributed by atoms with E-state index < -0.39 is 0 Å². The summed E-state index contributed by atoms with van der Waals surface area (Å²) in [7, 11) is 1.09. The first-order chi connectivity index (χ1) is 12.3. The molecule has 1 heterocycles. The molecule has 0 saturated carbocycles. The molecule has 1 atom stereocenters. The zero-order chi connectivity index (χ0) is 17.5. The third-order valence-corrected chi connectivity index (χ3v) is 7.49. The number of nitrogens with zero attached hydrogens (tertiary/aromatic N) is 1. The van der Waals surface area contributed by atoms with Crippen LogP contribution in [0.5, 0.6) is 0 Å². The van der Waals surface area contributed by atoms with Crippen molar-refractivity contribution in [1.29, 1.82) is 0 Å². The second kappa shape index (κ2) is 9.12. The maximum absolute atomic E-state index is 11.5. The molecule has 2 aromatic carbocycles. The Labute approximate surface area is 151 Å². The molecule has 25 heavy (non-hydrogen) atoms. The minimum Gasteiger partial charge on any atom is -0.469 e. The number of ether oxygens (including phenoxy) is 1. The Hall–Kier alpha value is -1.70. The second-order valence-corrected chi connectivity index (χ2v) is 8.69. The summed E-state index contributed by atoms with van der Waals surface area (Å²) in [5.41, 5.74) is 0. The van der Waals surface area contributed by atoms with Gasteiger partial charge < -0.3 is 4.74 Å². The van der Waals surface area contributed by atoms with Gasteiger partial charge in [0.1, 0.15) is 0 Å². The largest absolute Gasteiger partial charge is 0.469 e. The first-order valence-electron chi connectivity index (χ1n) is 8.96. The van der Waals surface area contributed by atoms with Gasteiger partial charge in [-0.1, -0.05) is 60.7 Å². The summed E-state index contributed by atoms with van der Waals surface area (Å²) in [6, 6.07) is 22.3. The molecule has 0 aliphatic carbocycles. The van der Waals surface area contributed by atoms with Crippen molar-refractivity contribution >= 4 is 24.5 Å². The lowest BCUT2D eigenvalue weighted by Gasteiger charge is -2.29. The van der Waals surface area contributed by atoms with Gasteiger partial charge in [-0.15, -0.1) is 0 Å². The quantitative estimate of drug-likeness (QED) is 0.564. The monoisotopic (exact) mass is 355 g/mol. The van der Waals surface area contributed by atoms with Gasteiger partial charge in [0, 0.05) is 12.6 Å². The maximum atomic E-state index is 11.5. The minimum absolute atomic E-state index is 0.112. The third kappa shape index (κ3) is 4.90. The predicted octanol–water partition coefficient (Wildman–Crippen LogP) is 3.15. The van der Waals surface area contributed by atoms with E-state index in [4.69, 9.17) is 4.74 Å². The Morgan fingerprint density at radius 1 is 1.08 bits per heavy atom. The third-order valence-electron chi connectivity index (χ3n) is 4.86. The number of hydrogen-bond acceptors (Lipinski definition) is 3. The van der Waals surface area contributed by atoms with Gasteiger partial charge in [0.25, 0.3) is 0 Å². The van der Waals surface area contributed by atoms with Crippen LogP contribution in [0.1, 0.15) is 19.3 Å². The van der Waals surface area contributed by atoms with E-state index in [1.54, 1.807) is 0 Å². The highest BCUT2D eigenvalue weighted by Gasteiger charge is 2.28. The van der Waals surface area contributed by atoms with Crippen molar-refractivity contribution < 1.29 is 9.53 Å². The molecule has 1 fully saturated rings. The van der Waals surface area contributed by atoms with E-state index in [9.17, 15) is 4.79 Å². The summed E-state index contributed by atoms with van der Waals surface area (Å²) >= 11 is 0. The van der Waals surface area contributed by atoms with Crippen molar-refractivity contribution in [3.05, 3.63) is 60.7 Å². The van der Waals surface area contributed by atoms with Crippen molar-refractivity contribution in [2.45, 2.75) is 25.3 Å². The fraction of sp³-hybridized carbons (Fsp3) is 0.381. The van der Waals surface area contributed by atoms with Gasteiger partial charge in [0.05, 0.1) is 13.5 Å². The van der Waals surface area contributed by atoms with Gasteiger partial charge in [0.15, 0.2) is 0 Å². The molecule has 0 aromatic heterocycles. The maximum Gasteiger partial charge on any atom is 0.306 e. The molecular formula is C21H26NO2P. The predicted molar refractivity (Wildman–Crippen MR) is 105 cm³/mol. The summed E-state index contributed by atoms with van der Waals surface area (Å²) < 4.78 is 4.80. The standard InChI is InChI=1S/C21H26NO2P/c1-24-21(23)14-16-22-15-8-9-18(22)17-25(19-10-4-2-5-11-19)20-12-6-3-7-13-20/h2-7,10-13,18H,8-9,14-17H2,1H3/t18-/m0/s1. The SMILES string of the molecule is COC(=O)CCN1CCC[C@H]1CP(c1ccccc1)c1ccccc1. The van der Waals surface area contributed by atoms with E-state index in [0.29, 0.717) is 12.5 Å². The van der Waals surface area contributed by atoms with Crippen molar-refractivity contribution in [3.8, 4) is 0 Å². The molecule has 4 heteroatoms. The smallest absolute Gasteiger partial charge is 0.306 e. The highest BCUT2D eigenvalue weighted by molar-refractivity contribution is 7.73. The Balaban J connectivity index is 1.74. The van der Waals surface area contributed by atoms with Crippen LogP contribution in [0.4, 0.5) is 0 Å². The molecule has 0 radical (unpaired) electrons. The van der Waals surface area contributed by atoms with Crippen LogP contribution in [0.15, 0.2) is 60.7 Å². The molecule has 0 N–H and O–H groups in total. The van der Waals surface area contributed by atoms with Crippen LogP contribution in [0.25, 0.3) is 0 Å². The Morgan fingerprint density at radius 2 is 1.68 bits per heavy atom. The first-order valence-corrected chi connectivity index (χ1v) is 10.5. The molecule has 2 aromatic rings. The Morgan fingerprint density at radius 3 is 2.24 bits per heavy atom. The van der Waals surface area contributed by atoms with Crippen LogP contribution in [-0.2, 0) is 9.53 Å². The van der Waals surface area contributed by atoms with E-state index in [-0.39, 0.29) is 13.9 Å². The number of esters is 1. The van der Waals surface area contributed by atoms with Gasteiger partial charge in [-0.25, -0.2) is 0 Å². The number of rotatable bonds is 7. The molecule has 0 spiro atoms. The molecule has 0 bridgehead atoms. The van der Waals surface area contributed by atoms with Crippen LogP contribution in [0.2, 0.25) is 0 Å². The van der Waals surface area contributed by atoms with Crippen LogP contribution in [-0.4, -0.2) is 43.3 Å². The molecule has 1 aliphatic heterocycles. The van der Waals surface area contributed by atoms with Gasteiger partial charge in [0.2, 0.25) is 0 Å². The van der Waals surface area contributed by atoms with Gasteiger partial charge in [-0.3, -0.25) is 9.69 Å². The number of hydrogen-bond donors (Lipinski definition) is 0. The van der Waals surface area contributed by atoms with Crippen molar-refractivity contribution in [1.82, 2.24) is 4.90 Å². The highest BCUT2D eigenvalue weighted by Crippen LogP contribution is 2.37. The first kappa shape index (κ1) is 18.1. The van der Waals surface area contributed by atoms with Crippen LogP contribution >= 0.6 is 7.92 Å². The Bertz CT molecular complexity index is 623. The normalized spacial score (nSPS) is 17.8. The number of benzene rings is 2. The number of carbonyl (C=O) groups is 1. The van der Waals surface area contributed by atoms with Crippen LogP contribution in [0, 0.1) is 0 Å². The van der Waals surface area contributed by atoms with Crippen molar-refractivity contribution in [2.75, 3.05) is 26.4 Å². The molecule has 1 saturated heterocycles. The number of methoxy groups -OCH3 is 1.